The molecule has 0 radical (unpaired) electrons. The summed E-state index contributed by atoms with van der Waals surface area (Å²) in [5, 5.41) is 5.55. The third-order valence-corrected chi connectivity index (χ3v) is 3.42. The molecule has 2 heterocycles. The Morgan fingerprint density at radius 2 is 2.00 bits per heavy atom. The van der Waals surface area contributed by atoms with Crippen molar-refractivity contribution in [2.24, 2.45) is 7.05 Å². The van der Waals surface area contributed by atoms with Gasteiger partial charge in [0.2, 0.25) is 0 Å². The molecule has 0 N–H and O–H groups in total. The number of aromatic nitrogens is 4. The zero-order valence-electron chi connectivity index (χ0n) is 12.4. The minimum Gasteiger partial charge on any atom is -0.274 e. The van der Waals surface area contributed by atoms with E-state index in [4.69, 9.17) is 0 Å². The predicted molar refractivity (Wildman–Crippen MR) is 90.1 cm³/mol. The lowest BCUT2D eigenvalue weighted by molar-refractivity contribution is 0.763. The van der Waals surface area contributed by atoms with E-state index in [1.165, 1.54) is 0 Å². The third-order valence-electron chi connectivity index (χ3n) is 3.42. The summed E-state index contributed by atoms with van der Waals surface area (Å²) in [4.78, 5) is 8.79. The van der Waals surface area contributed by atoms with E-state index in [1.807, 2.05) is 43.6 Å². The Balaban J connectivity index is 2.30. The third kappa shape index (κ3) is 2.35. The maximum Gasteiger partial charge on any atom is 0.116 e. The molecule has 22 heavy (non-hydrogen) atoms. The lowest BCUT2D eigenvalue weighted by atomic mass is 10.0. The molecule has 0 aliphatic rings. The summed E-state index contributed by atoms with van der Waals surface area (Å²) in [7, 11) is 1.89. The summed E-state index contributed by atoms with van der Waals surface area (Å²) in [5.41, 5.74) is 4.48. The van der Waals surface area contributed by atoms with Crippen LogP contribution in [0, 0.1) is 0 Å². The van der Waals surface area contributed by atoms with E-state index in [2.05, 4.69) is 28.2 Å². The summed E-state index contributed by atoms with van der Waals surface area (Å²) in [6, 6.07) is 7.95. The number of nitrogens with zero attached hydrogens (tertiary/aromatic N) is 4. The second-order valence-electron chi connectivity index (χ2n) is 4.87. The highest BCUT2D eigenvalue weighted by molar-refractivity contribution is 5.95. The van der Waals surface area contributed by atoms with Gasteiger partial charge in [0.1, 0.15) is 12.0 Å². The zero-order valence-corrected chi connectivity index (χ0v) is 12.4. The van der Waals surface area contributed by atoms with E-state index >= 15 is 0 Å². The fourth-order valence-corrected chi connectivity index (χ4v) is 2.47. The molecule has 0 aliphatic heterocycles. The molecule has 0 aliphatic carbocycles. The molecule has 0 atom stereocenters. The molecule has 0 unspecified atom stereocenters. The van der Waals surface area contributed by atoms with Crippen LogP contribution in [0.25, 0.3) is 27.7 Å². The summed E-state index contributed by atoms with van der Waals surface area (Å²) >= 11 is 0. The number of aryl methyl sites for hydroxylation is 1. The van der Waals surface area contributed by atoms with E-state index in [0.29, 0.717) is 0 Å². The average molecular weight is 288 g/mol. The molecule has 4 heteroatoms. The summed E-state index contributed by atoms with van der Waals surface area (Å²) < 4.78 is 1.78. The molecule has 4 nitrogen and oxygen atoms in total. The largest absolute Gasteiger partial charge is 0.274 e. The molecular weight excluding hydrogens is 272 g/mol. The smallest absolute Gasteiger partial charge is 0.116 e. The maximum atomic E-state index is 4.55. The standard InChI is InChI=1S/C18H16N4/c1-4-8-13(5-2)17-15(11-22(3)21-17)18-14-9-6-7-10-16(14)19-12-20-18/h4-12H,1-2H2,3H3/b13-8+. The molecule has 2 aromatic heterocycles. The monoisotopic (exact) mass is 288 g/mol. The summed E-state index contributed by atoms with van der Waals surface area (Å²) in [6.45, 7) is 7.61. The van der Waals surface area contributed by atoms with E-state index in [9.17, 15) is 0 Å². The van der Waals surface area contributed by atoms with Gasteiger partial charge in [-0.1, -0.05) is 49.6 Å². The second kappa shape index (κ2) is 5.77. The first-order valence-corrected chi connectivity index (χ1v) is 6.94. The van der Waals surface area contributed by atoms with Gasteiger partial charge in [-0.25, -0.2) is 9.97 Å². The van der Waals surface area contributed by atoms with Gasteiger partial charge in [-0.2, -0.15) is 5.10 Å². The van der Waals surface area contributed by atoms with Gasteiger partial charge in [-0.05, 0) is 6.07 Å². The van der Waals surface area contributed by atoms with Crippen molar-refractivity contribution in [3.05, 3.63) is 73.9 Å². The number of hydrogen-bond acceptors (Lipinski definition) is 3. The van der Waals surface area contributed by atoms with Crippen molar-refractivity contribution in [3.8, 4) is 11.3 Å². The minimum absolute atomic E-state index is 0.834. The van der Waals surface area contributed by atoms with Crippen LogP contribution in [0.1, 0.15) is 5.69 Å². The van der Waals surface area contributed by atoms with Crippen LogP contribution >= 0.6 is 0 Å². The van der Waals surface area contributed by atoms with E-state index < -0.39 is 0 Å². The molecule has 3 rings (SSSR count). The molecule has 0 saturated carbocycles. The van der Waals surface area contributed by atoms with Crippen molar-refractivity contribution in [2.45, 2.75) is 0 Å². The summed E-state index contributed by atoms with van der Waals surface area (Å²) in [6.07, 6.45) is 8.94. The summed E-state index contributed by atoms with van der Waals surface area (Å²) in [5.74, 6) is 0. The van der Waals surface area contributed by atoms with Gasteiger partial charge in [0.05, 0.1) is 11.2 Å². The Labute approximate surface area is 129 Å². The first-order chi connectivity index (χ1) is 10.7. The van der Waals surface area contributed by atoms with Crippen molar-refractivity contribution in [2.75, 3.05) is 0 Å². The normalized spacial score (nSPS) is 11.6. The average Bonchev–Trinajstić information content (AvgIpc) is 2.93. The Bertz CT molecular complexity index is 882. The number of hydrogen-bond donors (Lipinski definition) is 0. The number of para-hydroxylation sites is 1. The molecule has 0 amide bonds. The molecule has 0 bridgehead atoms. The highest BCUT2D eigenvalue weighted by Crippen LogP contribution is 2.31. The fourth-order valence-electron chi connectivity index (χ4n) is 2.47. The first kappa shape index (κ1) is 13.9. The molecule has 3 aromatic rings. The molecular formula is C18H16N4. The Kier molecular flexibility index (Phi) is 3.66. The van der Waals surface area contributed by atoms with Crippen molar-refractivity contribution < 1.29 is 0 Å². The number of fused-ring (bicyclic) bond motifs is 1. The van der Waals surface area contributed by atoms with Crippen LogP contribution in [0.4, 0.5) is 0 Å². The van der Waals surface area contributed by atoms with E-state index in [1.54, 1.807) is 23.2 Å². The van der Waals surface area contributed by atoms with Crippen LogP contribution in [0.3, 0.4) is 0 Å². The lowest BCUT2D eigenvalue weighted by Crippen LogP contribution is -1.92. The Morgan fingerprint density at radius 3 is 2.77 bits per heavy atom. The first-order valence-electron chi connectivity index (χ1n) is 6.94. The second-order valence-corrected chi connectivity index (χ2v) is 4.87. The number of benzene rings is 1. The van der Waals surface area contributed by atoms with Crippen molar-refractivity contribution in [1.82, 2.24) is 19.7 Å². The maximum absolute atomic E-state index is 4.55. The molecule has 1 aromatic carbocycles. The van der Waals surface area contributed by atoms with Crippen LogP contribution in [0.15, 0.2) is 68.2 Å². The van der Waals surface area contributed by atoms with Gasteiger partial charge in [0.15, 0.2) is 0 Å². The van der Waals surface area contributed by atoms with Gasteiger partial charge < -0.3 is 0 Å². The molecule has 0 spiro atoms. The fraction of sp³-hybridized carbons (Fsp3) is 0.0556. The van der Waals surface area contributed by atoms with Gasteiger partial charge >= 0.3 is 0 Å². The van der Waals surface area contributed by atoms with Crippen LogP contribution in [-0.2, 0) is 7.05 Å². The van der Waals surface area contributed by atoms with Crippen LogP contribution in [-0.4, -0.2) is 19.7 Å². The van der Waals surface area contributed by atoms with Gasteiger partial charge in [-0.15, -0.1) is 0 Å². The molecule has 0 saturated heterocycles. The van der Waals surface area contributed by atoms with Gasteiger partial charge in [-0.3, -0.25) is 4.68 Å². The van der Waals surface area contributed by atoms with Crippen LogP contribution in [0.2, 0.25) is 0 Å². The lowest BCUT2D eigenvalue weighted by Gasteiger charge is -2.05. The highest BCUT2D eigenvalue weighted by Gasteiger charge is 2.16. The predicted octanol–water partition coefficient (Wildman–Crippen LogP) is 3.79. The van der Waals surface area contributed by atoms with Crippen LogP contribution in [0.5, 0.6) is 0 Å². The molecule has 0 fully saturated rings. The van der Waals surface area contributed by atoms with Gasteiger partial charge in [0.25, 0.3) is 0 Å². The van der Waals surface area contributed by atoms with Gasteiger partial charge in [0, 0.05) is 29.8 Å². The van der Waals surface area contributed by atoms with Crippen molar-refractivity contribution >= 4 is 16.5 Å². The number of allylic oxidation sites excluding steroid dienone is 4. The van der Waals surface area contributed by atoms with E-state index in [0.717, 1.165) is 33.4 Å². The van der Waals surface area contributed by atoms with Crippen LogP contribution < -0.4 is 0 Å². The Hall–Kier alpha value is -3.01. The molecule has 108 valence electrons. The quantitative estimate of drug-likeness (QED) is 0.686. The van der Waals surface area contributed by atoms with E-state index in [-0.39, 0.29) is 0 Å². The zero-order chi connectivity index (χ0) is 15.5. The topological polar surface area (TPSA) is 43.6 Å². The van der Waals surface area contributed by atoms with Crippen molar-refractivity contribution in [3.63, 3.8) is 0 Å². The Morgan fingerprint density at radius 1 is 1.18 bits per heavy atom. The number of rotatable bonds is 4. The SMILES string of the molecule is C=C/C=C(\C=C)c1nn(C)cc1-c1ncnc2ccccc12. The minimum atomic E-state index is 0.834. The highest BCUT2D eigenvalue weighted by atomic mass is 15.3. The van der Waals surface area contributed by atoms with Crippen molar-refractivity contribution in [1.29, 1.82) is 0 Å².